The molecule has 1 saturated heterocycles. The number of carbonyl (C=O) groups is 2. The molecule has 0 aromatic heterocycles. The predicted octanol–water partition coefficient (Wildman–Crippen LogP) is 1.25. The van der Waals surface area contributed by atoms with Crippen LogP contribution in [0.1, 0.15) is 22.3 Å². The Balaban J connectivity index is 0.00000392. The van der Waals surface area contributed by atoms with Crippen LogP contribution in [0.4, 0.5) is 0 Å². The van der Waals surface area contributed by atoms with Crippen LogP contribution >= 0.6 is 24.0 Å². The van der Waals surface area contributed by atoms with Crippen molar-refractivity contribution in [1.29, 1.82) is 0 Å². The minimum Gasteiger partial charge on any atom is -0.465 e. The number of nitrogens with one attached hydrogen (secondary N) is 2. The summed E-state index contributed by atoms with van der Waals surface area (Å²) in [6.07, 6.45) is 1.02. The number of likely N-dealkylation sites (N-methyl/N-ethyl adjacent to an activating group) is 1. The highest BCUT2D eigenvalue weighted by Gasteiger charge is 2.16. The lowest BCUT2D eigenvalue weighted by atomic mass is 10.1. The van der Waals surface area contributed by atoms with Crippen LogP contribution in [0.15, 0.2) is 29.3 Å². The van der Waals surface area contributed by atoms with Crippen LogP contribution in [0, 0.1) is 5.92 Å². The Labute approximate surface area is 183 Å². The van der Waals surface area contributed by atoms with Crippen molar-refractivity contribution in [2.75, 3.05) is 47.5 Å². The van der Waals surface area contributed by atoms with Gasteiger partial charge in [0.1, 0.15) is 0 Å². The number of hydrogen-bond acceptors (Lipinski definition) is 5. The van der Waals surface area contributed by atoms with Crippen LogP contribution < -0.4 is 10.6 Å². The Hall–Kier alpha value is -1.88. The van der Waals surface area contributed by atoms with Crippen molar-refractivity contribution >= 4 is 41.8 Å². The van der Waals surface area contributed by atoms with Crippen molar-refractivity contribution in [1.82, 2.24) is 15.5 Å². The first-order valence-electron chi connectivity index (χ1n) is 8.97. The van der Waals surface area contributed by atoms with Gasteiger partial charge in [0.15, 0.2) is 5.96 Å². The smallest absolute Gasteiger partial charge is 0.337 e. The number of nitrogens with zero attached hydrogens (tertiary/aromatic N) is 2. The summed E-state index contributed by atoms with van der Waals surface area (Å²) in [5.41, 5.74) is 1.45. The van der Waals surface area contributed by atoms with E-state index in [0.29, 0.717) is 24.0 Å². The molecule has 8 nitrogen and oxygen atoms in total. The van der Waals surface area contributed by atoms with Crippen LogP contribution in [-0.4, -0.2) is 70.2 Å². The summed E-state index contributed by atoms with van der Waals surface area (Å²) in [6.45, 7) is 2.86. The zero-order valence-corrected chi connectivity index (χ0v) is 18.9. The third-order valence-electron chi connectivity index (χ3n) is 4.28. The van der Waals surface area contributed by atoms with E-state index in [2.05, 4.69) is 15.6 Å². The molecule has 9 heteroatoms. The molecular formula is C19H29IN4O4. The maximum Gasteiger partial charge on any atom is 0.337 e. The van der Waals surface area contributed by atoms with Gasteiger partial charge in [-0.3, -0.25) is 4.79 Å². The van der Waals surface area contributed by atoms with Crippen LogP contribution in [0.3, 0.4) is 0 Å². The highest BCUT2D eigenvalue weighted by atomic mass is 127. The summed E-state index contributed by atoms with van der Waals surface area (Å²) < 4.78 is 10.1. The standard InChI is InChI=1S/C19H28N4O4.HI/c1-23(2)17(24)12-22-19(21-11-15-8-9-27-13-15)20-10-14-4-6-16(7-5-14)18(25)26-3;/h4-7,15H,8-13H2,1-3H3,(H2,20,21,22);1H. The normalized spacial score (nSPS) is 16.1. The Kier molecular flexibility index (Phi) is 10.8. The first-order chi connectivity index (χ1) is 13.0. The summed E-state index contributed by atoms with van der Waals surface area (Å²) in [7, 11) is 4.79. The van der Waals surface area contributed by atoms with Crippen molar-refractivity contribution in [3.05, 3.63) is 35.4 Å². The number of esters is 1. The van der Waals surface area contributed by atoms with Gasteiger partial charge in [-0.1, -0.05) is 12.1 Å². The number of carbonyl (C=O) groups excluding carboxylic acids is 2. The fraction of sp³-hybridized carbons (Fsp3) is 0.526. The highest BCUT2D eigenvalue weighted by Crippen LogP contribution is 2.10. The van der Waals surface area contributed by atoms with Crippen molar-refractivity contribution in [2.45, 2.75) is 13.0 Å². The van der Waals surface area contributed by atoms with Gasteiger partial charge in [0.05, 0.1) is 32.4 Å². The fourth-order valence-corrected chi connectivity index (χ4v) is 2.51. The van der Waals surface area contributed by atoms with E-state index in [-0.39, 0.29) is 42.4 Å². The summed E-state index contributed by atoms with van der Waals surface area (Å²) in [5, 5.41) is 6.35. The van der Waals surface area contributed by atoms with Crippen LogP contribution in [0.25, 0.3) is 0 Å². The molecule has 0 radical (unpaired) electrons. The number of guanidine groups is 1. The van der Waals surface area contributed by atoms with E-state index < -0.39 is 0 Å². The van der Waals surface area contributed by atoms with Crippen molar-refractivity contribution < 1.29 is 19.1 Å². The monoisotopic (exact) mass is 504 g/mol. The van der Waals surface area contributed by atoms with Gasteiger partial charge in [-0.2, -0.15) is 0 Å². The fourth-order valence-electron chi connectivity index (χ4n) is 2.51. The molecule has 1 fully saturated rings. The predicted molar refractivity (Wildman–Crippen MR) is 118 cm³/mol. The molecule has 1 amide bonds. The van der Waals surface area contributed by atoms with E-state index in [9.17, 15) is 9.59 Å². The third-order valence-corrected chi connectivity index (χ3v) is 4.28. The van der Waals surface area contributed by atoms with E-state index in [1.54, 1.807) is 26.2 Å². The van der Waals surface area contributed by atoms with E-state index in [4.69, 9.17) is 9.47 Å². The Morgan fingerprint density at radius 3 is 2.54 bits per heavy atom. The topological polar surface area (TPSA) is 92.3 Å². The van der Waals surface area contributed by atoms with E-state index in [0.717, 1.165) is 31.7 Å². The number of methoxy groups -OCH3 is 1. The number of hydrogen-bond donors (Lipinski definition) is 2. The Bertz CT molecular complexity index is 658. The zero-order chi connectivity index (χ0) is 19.6. The van der Waals surface area contributed by atoms with Gasteiger partial charge in [-0.05, 0) is 24.1 Å². The summed E-state index contributed by atoms with van der Waals surface area (Å²) in [6, 6.07) is 7.09. The van der Waals surface area contributed by atoms with E-state index >= 15 is 0 Å². The SMILES string of the molecule is COC(=O)c1ccc(CN=C(NCC(=O)N(C)C)NCC2CCOC2)cc1.I. The Morgan fingerprint density at radius 1 is 1.25 bits per heavy atom. The molecule has 1 unspecified atom stereocenters. The highest BCUT2D eigenvalue weighted by molar-refractivity contribution is 14.0. The number of benzene rings is 1. The second-order valence-electron chi connectivity index (χ2n) is 6.61. The number of ether oxygens (including phenoxy) is 2. The summed E-state index contributed by atoms with van der Waals surface area (Å²) in [4.78, 5) is 29.4. The molecule has 156 valence electrons. The van der Waals surface area contributed by atoms with Gasteiger partial charge in [0, 0.05) is 33.2 Å². The zero-order valence-electron chi connectivity index (χ0n) is 16.6. The molecule has 1 aliphatic heterocycles. The maximum atomic E-state index is 11.8. The quantitative estimate of drug-likeness (QED) is 0.252. The van der Waals surface area contributed by atoms with E-state index in [1.165, 1.54) is 12.0 Å². The second kappa shape index (κ2) is 12.6. The molecule has 0 aliphatic carbocycles. The molecule has 28 heavy (non-hydrogen) atoms. The van der Waals surface area contributed by atoms with Crippen molar-refractivity contribution in [3.8, 4) is 0 Å². The number of aliphatic imine (C=N–C) groups is 1. The van der Waals surface area contributed by atoms with Crippen molar-refractivity contribution in [2.24, 2.45) is 10.9 Å². The molecule has 2 rings (SSSR count). The van der Waals surface area contributed by atoms with Gasteiger partial charge in [-0.15, -0.1) is 24.0 Å². The summed E-state index contributed by atoms with van der Waals surface area (Å²) >= 11 is 0. The second-order valence-corrected chi connectivity index (χ2v) is 6.61. The lowest BCUT2D eigenvalue weighted by Crippen LogP contribution is -2.44. The number of halogens is 1. The van der Waals surface area contributed by atoms with Crippen LogP contribution in [-0.2, 0) is 20.8 Å². The molecule has 1 heterocycles. The third kappa shape index (κ3) is 8.01. The minimum absolute atomic E-state index is 0. The average molecular weight is 504 g/mol. The van der Waals surface area contributed by atoms with Gasteiger partial charge in [-0.25, -0.2) is 9.79 Å². The summed E-state index contributed by atoms with van der Waals surface area (Å²) in [5.74, 6) is 0.626. The lowest BCUT2D eigenvalue weighted by Gasteiger charge is -2.16. The van der Waals surface area contributed by atoms with Crippen LogP contribution in [0.5, 0.6) is 0 Å². The lowest BCUT2D eigenvalue weighted by molar-refractivity contribution is -0.127. The molecule has 0 saturated carbocycles. The molecule has 0 spiro atoms. The first kappa shape index (κ1) is 24.2. The largest absolute Gasteiger partial charge is 0.465 e. The van der Waals surface area contributed by atoms with Gasteiger partial charge in [0.2, 0.25) is 5.91 Å². The number of amides is 1. The van der Waals surface area contributed by atoms with Crippen LogP contribution in [0.2, 0.25) is 0 Å². The average Bonchev–Trinajstić information content (AvgIpc) is 3.20. The number of rotatable bonds is 7. The molecule has 1 atom stereocenters. The molecular weight excluding hydrogens is 475 g/mol. The van der Waals surface area contributed by atoms with Crippen molar-refractivity contribution in [3.63, 3.8) is 0 Å². The van der Waals surface area contributed by atoms with Gasteiger partial charge < -0.3 is 25.0 Å². The molecule has 0 bridgehead atoms. The molecule has 1 aliphatic rings. The molecule has 1 aromatic rings. The maximum absolute atomic E-state index is 11.8. The van der Waals surface area contributed by atoms with Gasteiger partial charge >= 0.3 is 5.97 Å². The van der Waals surface area contributed by atoms with Gasteiger partial charge in [0.25, 0.3) is 0 Å². The molecule has 2 N–H and O–H groups in total. The Morgan fingerprint density at radius 2 is 1.96 bits per heavy atom. The minimum atomic E-state index is -0.366. The first-order valence-corrected chi connectivity index (χ1v) is 8.97. The van der Waals surface area contributed by atoms with E-state index in [1.807, 2.05) is 12.1 Å². The molecule has 1 aromatic carbocycles.